The van der Waals surface area contributed by atoms with Gasteiger partial charge in [0.1, 0.15) is 29.8 Å². The standard InChI is InChI=1S/C39H48N10O7/c1-4-24-17-30(56-47-24)34-32(50)33(51)37(55-34)49-21-42-31-35(41-19-29(22-5-9-27(53-2)10-6-22)23-7-11-28(54-3)12-8-23)45-38(46-36(31)49)48-16-14-26(20-48)44-39(52)43-25-13-15-40-18-25/h5-12,17,21,25-26,29,32-34,37,40,50-51H,4,13-16,18-20H2,1-3H3,(H,41,45,46)(H2,43,44,52)/t25-,26-,32+,33-,34-,37-/m1/s1. The van der Waals surface area contributed by atoms with Crippen LogP contribution < -0.4 is 35.6 Å². The maximum absolute atomic E-state index is 12.8. The first-order valence-corrected chi connectivity index (χ1v) is 19.1. The largest absolute Gasteiger partial charge is 0.497 e. The van der Waals surface area contributed by atoms with E-state index in [0.29, 0.717) is 66.9 Å². The fourth-order valence-electron chi connectivity index (χ4n) is 7.66. The number of fused-ring (bicyclic) bond motifs is 1. The summed E-state index contributed by atoms with van der Waals surface area (Å²) >= 11 is 0. The van der Waals surface area contributed by atoms with Crippen LogP contribution >= 0.6 is 0 Å². The first kappa shape index (κ1) is 37.4. The Balaban J connectivity index is 1.11. The molecular weight excluding hydrogens is 720 g/mol. The Morgan fingerprint density at radius 1 is 0.982 bits per heavy atom. The Bertz CT molecular complexity index is 2060. The molecule has 0 bridgehead atoms. The van der Waals surface area contributed by atoms with Gasteiger partial charge in [0.15, 0.2) is 29.0 Å². The van der Waals surface area contributed by atoms with E-state index in [9.17, 15) is 15.0 Å². The molecule has 6 heterocycles. The van der Waals surface area contributed by atoms with Crippen molar-refractivity contribution >= 4 is 29.0 Å². The second-order valence-electron chi connectivity index (χ2n) is 14.4. The summed E-state index contributed by atoms with van der Waals surface area (Å²) in [4.78, 5) is 29.6. The number of aryl methyl sites for hydroxylation is 1. The van der Waals surface area contributed by atoms with Gasteiger partial charge in [0.2, 0.25) is 5.95 Å². The topological polar surface area (TPSA) is 206 Å². The van der Waals surface area contributed by atoms with Crippen molar-refractivity contribution in [1.29, 1.82) is 0 Å². The van der Waals surface area contributed by atoms with Crippen LogP contribution in [0.3, 0.4) is 0 Å². The van der Waals surface area contributed by atoms with Crippen molar-refractivity contribution in [3.63, 3.8) is 0 Å². The summed E-state index contributed by atoms with van der Waals surface area (Å²) in [5.41, 5.74) is 3.68. The molecule has 5 aromatic rings. The van der Waals surface area contributed by atoms with Crippen LogP contribution in [-0.2, 0) is 11.2 Å². The number of aliphatic hydroxyl groups excluding tert-OH is 2. The molecule has 3 aliphatic heterocycles. The highest BCUT2D eigenvalue weighted by Gasteiger charge is 2.47. The molecule has 2 aromatic carbocycles. The van der Waals surface area contributed by atoms with E-state index in [4.69, 9.17) is 33.7 Å². The highest BCUT2D eigenvalue weighted by Crippen LogP contribution is 2.41. The van der Waals surface area contributed by atoms with Crippen molar-refractivity contribution in [2.45, 2.75) is 68.7 Å². The Morgan fingerprint density at radius 3 is 2.34 bits per heavy atom. The van der Waals surface area contributed by atoms with Crippen LogP contribution in [0.25, 0.3) is 11.2 Å². The summed E-state index contributed by atoms with van der Waals surface area (Å²) in [6, 6.07) is 17.4. The van der Waals surface area contributed by atoms with E-state index in [1.807, 2.05) is 60.4 Å². The third kappa shape index (κ3) is 7.67. The molecule has 0 unspecified atom stereocenters. The SMILES string of the molecule is CCc1cc([C@H]2O[C@@H](n3cnc4c(NCC(c5ccc(OC)cc5)c5ccc(OC)cc5)nc(N5CC[C@@H](NC(=O)N[C@@H]6CCNC6)C5)nc43)[C@H](O)[C@@H]2O)on1. The molecule has 8 rings (SSSR count). The van der Waals surface area contributed by atoms with Crippen LogP contribution in [0, 0.1) is 0 Å². The summed E-state index contributed by atoms with van der Waals surface area (Å²) < 4.78 is 24.2. The molecular formula is C39H48N10O7. The molecule has 56 heavy (non-hydrogen) atoms. The van der Waals surface area contributed by atoms with E-state index in [0.717, 1.165) is 42.1 Å². The van der Waals surface area contributed by atoms with Gasteiger partial charge in [0, 0.05) is 50.2 Å². The minimum absolute atomic E-state index is 0.107. The number of imidazole rings is 1. The first-order chi connectivity index (χ1) is 27.3. The Hall–Kier alpha value is -5.49. The molecule has 3 aliphatic rings. The lowest BCUT2D eigenvalue weighted by molar-refractivity contribution is -0.0434. The maximum atomic E-state index is 12.8. The third-order valence-electron chi connectivity index (χ3n) is 10.9. The normalized spacial score (nSPS) is 23.6. The molecule has 3 aromatic heterocycles. The fraction of sp³-hybridized carbons (Fsp3) is 0.462. The van der Waals surface area contributed by atoms with Crippen LogP contribution in [0.1, 0.15) is 60.6 Å². The van der Waals surface area contributed by atoms with Gasteiger partial charge in [0.25, 0.3) is 0 Å². The summed E-state index contributed by atoms with van der Waals surface area (Å²) in [6.45, 7) is 5.12. The van der Waals surface area contributed by atoms with Gasteiger partial charge in [-0.15, -0.1) is 0 Å². The highest BCUT2D eigenvalue weighted by molar-refractivity contribution is 5.84. The van der Waals surface area contributed by atoms with E-state index in [1.54, 1.807) is 24.9 Å². The Morgan fingerprint density at radius 2 is 1.70 bits per heavy atom. The molecule has 0 spiro atoms. The summed E-state index contributed by atoms with van der Waals surface area (Å²) in [5.74, 6) is 2.63. The van der Waals surface area contributed by atoms with E-state index >= 15 is 0 Å². The summed E-state index contributed by atoms with van der Waals surface area (Å²) in [7, 11) is 3.28. The minimum atomic E-state index is -1.33. The van der Waals surface area contributed by atoms with Gasteiger partial charge in [-0.1, -0.05) is 36.3 Å². The second kappa shape index (κ2) is 16.3. The highest BCUT2D eigenvalue weighted by atomic mass is 16.6. The van der Waals surface area contributed by atoms with Crippen molar-refractivity contribution in [3.05, 3.63) is 83.5 Å². The number of nitrogens with one attached hydrogen (secondary N) is 4. The number of amides is 2. The molecule has 17 heteroatoms. The first-order valence-electron chi connectivity index (χ1n) is 19.1. The number of ether oxygens (including phenoxy) is 3. The zero-order valence-corrected chi connectivity index (χ0v) is 31.6. The number of carbonyl (C=O) groups excluding carboxylic acids is 1. The van der Waals surface area contributed by atoms with Gasteiger partial charge in [-0.25, -0.2) is 9.78 Å². The number of hydrogen-bond acceptors (Lipinski definition) is 14. The van der Waals surface area contributed by atoms with Crippen LogP contribution in [0.15, 0.2) is 65.4 Å². The lowest BCUT2D eigenvalue weighted by Gasteiger charge is -2.22. The van der Waals surface area contributed by atoms with Crippen LogP contribution in [0.5, 0.6) is 11.5 Å². The average molecular weight is 769 g/mol. The quantitative estimate of drug-likeness (QED) is 0.102. The van der Waals surface area contributed by atoms with Gasteiger partial charge < -0.3 is 55.1 Å². The van der Waals surface area contributed by atoms with Crippen molar-refractivity contribution in [3.8, 4) is 11.5 Å². The number of benzene rings is 2. The van der Waals surface area contributed by atoms with Gasteiger partial charge >= 0.3 is 6.03 Å². The number of carbonyl (C=O) groups is 1. The lowest BCUT2D eigenvalue weighted by Crippen LogP contribution is -2.47. The van der Waals surface area contributed by atoms with Crippen molar-refractivity contribution < 1.29 is 33.7 Å². The monoisotopic (exact) mass is 768 g/mol. The number of nitrogens with zero attached hydrogens (tertiary/aromatic N) is 6. The van der Waals surface area contributed by atoms with Crippen LogP contribution in [0.2, 0.25) is 0 Å². The maximum Gasteiger partial charge on any atom is 0.315 e. The predicted molar refractivity (Wildman–Crippen MR) is 206 cm³/mol. The zero-order valence-electron chi connectivity index (χ0n) is 31.6. The Labute approximate surface area is 323 Å². The van der Waals surface area contributed by atoms with Gasteiger partial charge in [-0.2, -0.15) is 9.97 Å². The number of aliphatic hydroxyl groups is 2. The number of anilines is 2. The third-order valence-corrected chi connectivity index (χ3v) is 10.9. The van der Waals surface area contributed by atoms with E-state index in [1.165, 1.54) is 6.33 Å². The molecule has 17 nitrogen and oxygen atoms in total. The molecule has 0 radical (unpaired) electrons. The van der Waals surface area contributed by atoms with Crippen molar-refractivity contribution in [2.75, 3.05) is 57.2 Å². The van der Waals surface area contributed by atoms with E-state index in [2.05, 4.69) is 26.4 Å². The number of urea groups is 1. The van der Waals surface area contributed by atoms with E-state index in [-0.39, 0.29) is 24.0 Å². The van der Waals surface area contributed by atoms with Gasteiger partial charge in [-0.05, 0) is 61.2 Å². The lowest BCUT2D eigenvalue weighted by atomic mass is 9.91. The molecule has 3 saturated heterocycles. The smallest absolute Gasteiger partial charge is 0.315 e. The predicted octanol–water partition coefficient (Wildman–Crippen LogP) is 2.87. The van der Waals surface area contributed by atoms with Crippen LogP contribution in [0.4, 0.5) is 16.6 Å². The minimum Gasteiger partial charge on any atom is -0.497 e. The Kier molecular flexibility index (Phi) is 10.9. The number of hydrogen-bond donors (Lipinski definition) is 6. The van der Waals surface area contributed by atoms with Gasteiger partial charge in [0.05, 0.1) is 26.2 Å². The molecule has 3 fully saturated rings. The molecule has 2 amide bonds. The van der Waals surface area contributed by atoms with Gasteiger partial charge in [-0.3, -0.25) is 4.57 Å². The zero-order chi connectivity index (χ0) is 38.8. The molecule has 6 atom stereocenters. The summed E-state index contributed by atoms with van der Waals surface area (Å²) in [6.07, 6.45) is -0.833. The number of rotatable bonds is 13. The average Bonchev–Trinajstić information content (AvgIpc) is 4.08. The number of aromatic nitrogens is 5. The molecule has 0 aliphatic carbocycles. The summed E-state index contributed by atoms with van der Waals surface area (Å²) in [5, 5.41) is 39.5. The molecule has 296 valence electrons. The van der Waals surface area contributed by atoms with Crippen molar-refractivity contribution in [1.82, 2.24) is 40.6 Å². The fourth-order valence-corrected chi connectivity index (χ4v) is 7.66. The van der Waals surface area contributed by atoms with Crippen molar-refractivity contribution in [2.24, 2.45) is 0 Å². The molecule has 0 saturated carbocycles. The van der Waals surface area contributed by atoms with Crippen LogP contribution in [-0.4, -0.2) is 112 Å². The molecule has 6 N–H and O–H groups in total. The van der Waals surface area contributed by atoms with E-state index < -0.39 is 24.5 Å². The second-order valence-corrected chi connectivity index (χ2v) is 14.4. The number of methoxy groups -OCH3 is 2.